The molecule has 0 fully saturated rings. The van der Waals surface area contributed by atoms with Gasteiger partial charge in [0, 0.05) is 31.6 Å². The first kappa shape index (κ1) is 31.7. The van der Waals surface area contributed by atoms with Crippen LogP contribution in [-0.2, 0) is 6.42 Å². The van der Waals surface area contributed by atoms with E-state index in [2.05, 4.69) is 61.9 Å². The molecule has 1 aromatic heterocycles. The number of benzene rings is 1. The van der Waals surface area contributed by atoms with Gasteiger partial charge in [-0.05, 0) is 61.9 Å². The monoisotopic (exact) mass is 527 g/mol. The first-order valence-corrected chi connectivity index (χ1v) is 18.1. The molecule has 208 valence electrons. The predicted octanol–water partition coefficient (Wildman–Crippen LogP) is 10.2. The van der Waals surface area contributed by atoms with Crippen LogP contribution in [0.25, 0.3) is 11.4 Å². The second-order valence-electron chi connectivity index (χ2n) is 11.0. The van der Waals surface area contributed by atoms with Gasteiger partial charge in [-0.3, -0.25) is 0 Å². The molecule has 37 heavy (non-hydrogen) atoms. The Bertz CT molecular complexity index is 784. The smallest absolute Gasteiger partial charge is 0.159 e. The lowest BCUT2D eigenvalue weighted by Gasteiger charge is -2.28. The summed E-state index contributed by atoms with van der Waals surface area (Å²) in [5.74, 6) is 1.76. The Morgan fingerprint density at radius 3 is 1.68 bits per heavy atom. The van der Waals surface area contributed by atoms with Crippen LogP contribution in [0.3, 0.4) is 0 Å². The van der Waals surface area contributed by atoms with Gasteiger partial charge >= 0.3 is 0 Å². The van der Waals surface area contributed by atoms with E-state index in [9.17, 15) is 0 Å². The average Bonchev–Trinajstić information content (AvgIpc) is 2.94. The van der Waals surface area contributed by atoms with Crippen molar-refractivity contribution in [3.8, 4) is 17.1 Å². The lowest BCUT2D eigenvalue weighted by Crippen LogP contribution is -2.14. The van der Waals surface area contributed by atoms with Crippen LogP contribution in [0, 0.1) is 0 Å². The summed E-state index contributed by atoms with van der Waals surface area (Å²) in [7, 11) is -0.830. The van der Waals surface area contributed by atoms with Gasteiger partial charge in [-0.15, -0.1) is 0 Å². The van der Waals surface area contributed by atoms with E-state index < -0.39 is 7.26 Å². The highest BCUT2D eigenvalue weighted by molar-refractivity contribution is 7.75. The molecule has 2 rings (SSSR count). The number of hydrogen-bond donors (Lipinski definition) is 0. The summed E-state index contributed by atoms with van der Waals surface area (Å²) in [6, 6.07) is 8.35. The molecule has 3 nitrogen and oxygen atoms in total. The molecule has 4 heteroatoms. The van der Waals surface area contributed by atoms with E-state index in [1.165, 1.54) is 114 Å². The summed E-state index contributed by atoms with van der Waals surface area (Å²) in [4.78, 5) is 9.27. The molecule has 0 aliphatic rings. The van der Waals surface area contributed by atoms with E-state index in [0.29, 0.717) is 0 Å². The second kappa shape index (κ2) is 19.6. The maximum absolute atomic E-state index is 6.18. The number of nitrogens with zero attached hydrogens (tertiary/aromatic N) is 2. The molecule has 0 saturated heterocycles. The van der Waals surface area contributed by atoms with Crippen molar-refractivity contribution in [2.75, 3.05) is 31.3 Å². The lowest BCUT2D eigenvalue weighted by molar-refractivity contribution is 0.318. The van der Waals surface area contributed by atoms with E-state index in [0.717, 1.165) is 30.2 Å². The van der Waals surface area contributed by atoms with Crippen LogP contribution >= 0.6 is 7.26 Å². The third kappa shape index (κ3) is 12.8. The number of aromatic nitrogens is 2. The summed E-state index contributed by atoms with van der Waals surface area (Å²) in [6.07, 6.45) is 28.3. The zero-order valence-corrected chi connectivity index (χ0v) is 25.5. The van der Waals surface area contributed by atoms with Crippen molar-refractivity contribution in [2.45, 2.75) is 118 Å². The van der Waals surface area contributed by atoms with Crippen molar-refractivity contribution < 1.29 is 4.74 Å². The predicted molar refractivity (Wildman–Crippen MR) is 166 cm³/mol. The molecule has 0 bridgehead atoms. The maximum atomic E-state index is 6.18. The Morgan fingerprint density at radius 2 is 1.11 bits per heavy atom. The zero-order chi connectivity index (χ0) is 26.6. The van der Waals surface area contributed by atoms with Crippen molar-refractivity contribution in [1.82, 2.24) is 9.97 Å². The normalized spacial score (nSPS) is 11.7. The molecule has 0 spiro atoms. The number of aryl methyl sites for hydroxylation is 1. The number of hydrogen-bond acceptors (Lipinski definition) is 3. The fraction of sp³-hybridized carbons (Fsp3) is 0.697. The topological polar surface area (TPSA) is 35.0 Å². The van der Waals surface area contributed by atoms with Crippen molar-refractivity contribution in [3.05, 3.63) is 42.2 Å². The highest BCUT2D eigenvalue weighted by Crippen LogP contribution is 2.61. The van der Waals surface area contributed by atoms with Crippen LogP contribution < -0.4 is 4.74 Å². The lowest BCUT2D eigenvalue weighted by atomic mass is 10.1. The number of ether oxygens (including phenoxy) is 1. The van der Waals surface area contributed by atoms with Crippen LogP contribution in [0.15, 0.2) is 36.7 Å². The van der Waals surface area contributed by atoms with Gasteiger partial charge in [-0.2, -0.15) is 0 Å². The first-order valence-electron chi connectivity index (χ1n) is 15.6. The van der Waals surface area contributed by atoms with Crippen LogP contribution in [0.2, 0.25) is 0 Å². The quantitative estimate of drug-likeness (QED) is 0.113. The molecule has 0 amide bonds. The van der Waals surface area contributed by atoms with Crippen molar-refractivity contribution in [3.63, 3.8) is 0 Å². The Morgan fingerprint density at radius 1 is 0.595 bits per heavy atom. The standard InChI is InChI=1S/C33H56N2OP/c1-5-9-13-14-15-16-18-30-28-34-33(35-29-30)31-19-21-32(22-20-31)36-23-17-27-37(24-10-6-2,25-11-7-3)26-12-8-4/h19-22,28-29H,5-18,23-27H2,1-4H3/q+1. The van der Waals surface area contributed by atoms with Gasteiger partial charge in [0.25, 0.3) is 0 Å². The van der Waals surface area contributed by atoms with E-state index in [-0.39, 0.29) is 0 Å². The minimum absolute atomic E-state index is 0.801. The molecule has 0 aliphatic heterocycles. The number of unbranched alkanes of at least 4 members (excludes halogenated alkanes) is 8. The molecule has 2 aromatic rings. The molecule has 0 unspecified atom stereocenters. The van der Waals surface area contributed by atoms with Crippen molar-refractivity contribution in [1.29, 1.82) is 0 Å². The maximum Gasteiger partial charge on any atom is 0.159 e. The third-order valence-electron chi connectivity index (χ3n) is 7.64. The molecule has 0 aliphatic carbocycles. The third-order valence-corrected chi connectivity index (χ3v) is 12.7. The van der Waals surface area contributed by atoms with Gasteiger partial charge in [0.05, 0.1) is 31.3 Å². The molecule has 0 radical (unpaired) electrons. The zero-order valence-electron chi connectivity index (χ0n) is 24.6. The highest BCUT2D eigenvalue weighted by Gasteiger charge is 2.34. The minimum atomic E-state index is -0.830. The fourth-order valence-electron chi connectivity index (χ4n) is 5.18. The summed E-state index contributed by atoms with van der Waals surface area (Å²) < 4.78 is 6.18. The first-order chi connectivity index (χ1) is 18.2. The van der Waals surface area contributed by atoms with Crippen LogP contribution in [0.5, 0.6) is 5.75 Å². The summed E-state index contributed by atoms with van der Waals surface area (Å²) in [5, 5.41) is 0. The van der Waals surface area contributed by atoms with Gasteiger partial charge in [0.15, 0.2) is 5.82 Å². The Balaban J connectivity index is 1.81. The Labute approximate surface area is 230 Å². The molecular weight excluding hydrogens is 471 g/mol. The van der Waals surface area contributed by atoms with Gasteiger partial charge in [0.2, 0.25) is 0 Å². The summed E-state index contributed by atoms with van der Waals surface area (Å²) in [6.45, 7) is 10.1. The molecular formula is C33H56N2OP+. The van der Waals surface area contributed by atoms with E-state index in [4.69, 9.17) is 4.74 Å². The highest BCUT2D eigenvalue weighted by atomic mass is 31.2. The van der Waals surface area contributed by atoms with Gasteiger partial charge < -0.3 is 4.74 Å². The minimum Gasteiger partial charge on any atom is -0.493 e. The Kier molecular flexibility index (Phi) is 16.8. The van der Waals surface area contributed by atoms with Gasteiger partial charge in [-0.25, -0.2) is 9.97 Å². The van der Waals surface area contributed by atoms with E-state index >= 15 is 0 Å². The number of rotatable bonds is 22. The van der Waals surface area contributed by atoms with E-state index in [1.807, 2.05) is 12.4 Å². The fourth-order valence-corrected chi connectivity index (χ4v) is 10.3. The van der Waals surface area contributed by atoms with Crippen LogP contribution in [0.4, 0.5) is 0 Å². The van der Waals surface area contributed by atoms with Gasteiger partial charge in [0.1, 0.15) is 5.75 Å². The van der Waals surface area contributed by atoms with E-state index in [1.54, 1.807) is 0 Å². The molecule has 1 heterocycles. The SMILES string of the molecule is CCCCCCCCc1cnc(-c2ccc(OCCC[P+](CCCC)(CCCC)CCCC)cc2)nc1. The summed E-state index contributed by atoms with van der Waals surface area (Å²) >= 11 is 0. The molecule has 0 N–H and O–H groups in total. The van der Waals surface area contributed by atoms with Crippen molar-refractivity contribution >= 4 is 7.26 Å². The van der Waals surface area contributed by atoms with Crippen LogP contribution in [-0.4, -0.2) is 41.2 Å². The van der Waals surface area contributed by atoms with Crippen LogP contribution in [0.1, 0.15) is 117 Å². The van der Waals surface area contributed by atoms with Gasteiger partial charge in [-0.1, -0.05) is 79.1 Å². The molecule has 0 saturated carbocycles. The largest absolute Gasteiger partial charge is 0.493 e. The van der Waals surface area contributed by atoms with Crippen molar-refractivity contribution in [2.24, 2.45) is 0 Å². The molecule has 0 atom stereocenters. The average molecular weight is 528 g/mol. The molecule has 1 aromatic carbocycles. The summed E-state index contributed by atoms with van der Waals surface area (Å²) in [5.41, 5.74) is 2.30. The second-order valence-corrected chi connectivity index (χ2v) is 15.4. The Hall–Kier alpha value is -1.47.